The molecule has 0 radical (unpaired) electrons. The first-order valence-corrected chi connectivity index (χ1v) is 4.22. The van der Waals surface area contributed by atoms with E-state index in [1.54, 1.807) is 0 Å². The molecule has 64 valence electrons. The predicted octanol–water partition coefficient (Wildman–Crippen LogP) is 0.215. The molecule has 0 bridgehead atoms. The molecule has 1 fully saturated rings. The summed E-state index contributed by atoms with van der Waals surface area (Å²) in [7, 11) is 0. The molecule has 0 spiro atoms. The van der Waals surface area contributed by atoms with E-state index < -0.39 is 0 Å². The van der Waals surface area contributed by atoms with Gasteiger partial charge >= 0.3 is 0 Å². The van der Waals surface area contributed by atoms with Crippen LogP contribution in [0.2, 0.25) is 0 Å². The fraction of sp³-hybridized carbons (Fsp3) is 0.875. The number of rotatable bonds is 3. The summed E-state index contributed by atoms with van der Waals surface area (Å²) in [6.45, 7) is 5.94. The minimum absolute atomic E-state index is 0.424. The van der Waals surface area contributed by atoms with Gasteiger partial charge < -0.3 is 10.2 Å². The van der Waals surface area contributed by atoms with E-state index in [-0.39, 0.29) is 0 Å². The molecule has 1 aliphatic heterocycles. The SMILES string of the molecule is CCN(C=O)C1CNC(C)C1. The number of hydrogen-bond donors (Lipinski definition) is 1. The number of carbonyl (C=O) groups excluding carboxylic acids is 1. The van der Waals surface area contributed by atoms with Gasteiger partial charge in [0.2, 0.25) is 6.41 Å². The van der Waals surface area contributed by atoms with Crippen LogP contribution < -0.4 is 5.32 Å². The van der Waals surface area contributed by atoms with Crippen LogP contribution in [0.15, 0.2) is 0 Å². The summed E-state index contributed by atoms with van der Waals surface area (Å²) in [6.07, 6.45) is 2.04. The molecule has 0 saturated carbocycles. The molecule has 1 N–H and O–H groups in total. The Morgan fingerprint density at radius 2 is 2.45 bits per heavy atom. The smallest absolute Gasteiger partial charge is 0.209 e. The van der Waals surface area contributed by atoms with Crippen LogP contribution >= 0.6 is 0 Å². The Kier molecular flexibility index (Phi) is 2.88. The number of carbonyl (C=O) groups is 1. The molecule has 3 heteroatoms. The summed E-state index contributed by atoms with van der Waals surface area (Å²) in [4.78, 5) is 12.4. The number of nitrogens with one attached hydrogen (secondary N) is 1. The molecular weight excluding hydrogens is 140 g/mol. The van der Waals surface area contributed by atoms with Gasteiger partial charge in [-0.1, -0.05) is 0 Å². The lowest BCUT2D eigenvalue weighted by atomic mass is 10.2. The van der Waals surface area contributed by atoms with E-state index in [0.29, 0.717) is 12.1 Å². The van der Waals surface area contributed by atoms with Crippen LogP contribution in [0, 0.1) is 0 Å². The molecule has 1 rings (SSSR count). The van der Waals surface area contributed by atoms with Gasteiger partial charge in [-0.05, 0) is 20.3 Å². The average Bonchev–Trinajstić information content (AvgIpc) is 2.39. The lowest BCUT2D eigenvalue weighted by Crippen LogP contribution is -2.35. The van der Waals surface area contributed by atoms with Crippen molar-refractivity contribution in [2.75, 3.05) is 13.1 Å². The first-order chi connectivity index (χ1) is 5.27. The van der Waals surface area contributed by atoms with Gasteiger partial charge in [-0.3, -0.25) is 4.79 Å². The van der Waals surface area contributed by atoms with Crippen molar-refractivity contribution >= 4 is 6.41 Å². The van der Waals surface area contributed by atoms with Crippen molar-refractivity contribution in [2.45, 2.75) is 32.4 Å². The number of nitrogens with zero attached hydrogens (tertiary/aromatic N) is 1. The summed E-state index contributed by atoms with van der Waals surface area (Å²) in [5.41, 5.74) is 0. The van der Waals surface area contributed by atoms with Gasteiger partial charge in [0, 0.05) is 25.2 Å². The zero-order chi connectivity index (χ0) is 8.27. The Morgan fingerprint density at radius 3 is 2.82 bits per heavy atom. The van der Waals surface area contributed by atoms with Crippen LogP contribution in [0.4, 0.5) is 0 Å². The highest BCUT2D eigenvalue weighted by Gasteiger charge is 2.24. The van der Waals surface area contributed by atoms with Gasteiger partial charge in [0.1, 0.15) is 0 Å². The van der Waals surface area contributed by atoms with Crippen molar-refractivity contribution < 1.29 is 4.79 Å². The Labute approximate surface area is 67.8 Å². The maximum Gasteiger partial charge on any atom is 0.209 e. The van der Waals surface area contributed by atoms with Crippen molar-refractivity contribution in [1.29, 1.82) is 0 Å². The van der Waals surface area contributed by atoms with Crippen LogP contribution in [-0.4, -0.2) is 36.5 Å². The van der Waals surface area contributed by atoms with Gasteiger partial charge in [-0.2, -0.15) is 0 Å². The first kappa shape index (κ1) is 8.53. The van der Waals surface area contributed by atoms with E-state index in [1.165, 1.54) is 0 Å². The maximum atomic E-state index is 10.5. The van der Waals surface area contributed by atoms with Crippen molar-refractivity contribution in [3.05, 3.63) is 0 Å². The number of hydrogen-bond acceptors (Lipinski definition) is 2. The molecule has 2 atom stereocenters. The van der Waals surface area contributed by atoms with Gasteiger partial charge in [0.25, 0.3) is 0 Å². The Morgan fingerprint density at radius 1 is 1.73 bits per heavy atom. The molecule has 0 aromatic rings. The minimum atomic E-state index is 0.424. The quantitative estimate of drug-likeness (QED) is 0.593. The van der Waals surface area contributed by atoms with E-state index in [0.717, 1.165) is 25.9 Å². The fourth-order valence-electron chi connectivity index (χ4n) is 1.58. The third-order valence-electron chi connectivity index (χ3n) is 2.30. The monoisotopic (exact) mass is 156 g/mol. The van der Waals surface area contributed by atoms with Gasteiger partial charge in [0.15, 0.2) is 0 Å². The summed E-state index contributed by atoms with van der Waals surface area (Å²) in [6, 6.07) is 0.987. The molecule has 2 unspecified atom stereocenters. The topological polar surface area (TPSA) is 32.3 Å². The molecule has 3 nitrogen and oxygen atoms in total. The van der Waals surface area contributed by atoms with Crippen molar-refractivity contribution in [1.82, 2.24) is 10.2 Å². The first-order valence-electron chi connectivity index (χ1n) is 4.22. The highest BCUT2D eigenvalue weighted by molar-refractivity contribution is 5.47. The highest BCUT2D eigenvalue weighted by Crippen LogP contribution is 2.10. The lowest BCUT2D eigenvalue weighted by molar-refractivity contribution is -0.119. The third-order valence-corrected chi connectivity index (χ3v) is 2.30. The van der Waals surface area contributed by atoms with Gasteiger partial charge in [-0.15, -0.1) is 0 Å². The summed E-state index contributed by atoms with van der Waals surface area (Å²) < 4.78 is 0. The molecule has 1 saturated heterocycles. The van der Waals surface area contributed by atoms with Crippen LogP contribution in [-0.2, 0) is 4.79 Å². The molecule has 11 heavy (non-hydrogen) atoms. The normalized spacial score (nSPS) is 30.4. The number of likely N-dealkylation sites (N-methyl/N-ethyl adjacent to an activating group) is 1. The standard InChI is InChI=1S/C8H16N2O/c1-3-10(6-11)8-4-7(2)9-5-8/h6-9H,3-5H2,1-2H3. The highest BCUT2D eigenvalue weighted by atomic mass is 16.1. The Bertz CT molecular complexity index is 138. The van der Waals surface area contributed by atoms with Crippen molar-refractivity contribution in [3.8, 4) is 0 Å². The zero-order valence-electron chi connectivity index (χ0n) is 7.21. The Hall–Kier alpha value is -0.570. The van der Waals surface area contributed by atoms with Crippen molar-refractivity contribution in [3.63, 3.8) is 0 Å². The van der Waals surface area contributed by atoms with Gasteiger partial charge in [0.05, 0.1) is 0 Å². The molecule has 0 aromatic carbocycles. The van der Waals surface area contributed by atoms with E-state index in [2.05, 4.69) is 12.2 Å². The van der Waals surface area contributed by atoms with Gasteiger partial charge in [-0.25, -0.2) is 0 Å². The molecule has 1 heterocycles. The second-order valence-electron chi connectivity index (χ2n) is 3.13. The van der Waals surface area contributed by atoms with E-state index in [9.17, 15) is 4.79 Å². The van der Waals surface area contributed by atoms with Crippen LogP contribution in [0.25, 0.3) is 0 Å². The van der Waals surface area contributed by atoms with Crippen LogP contribution in [0.3, 0.4) is 0 Å². The predicted molar refractivity (Wildman–Crippen MR) is 44.3 cm³/mol. The number of amides is 1. The third kappa shape index (κ3) is 1.93. The summed E-state index contributed by atoms with van der Waals surface area (Å²) in [5.74, 6) is 0. The molecule has 0 aromatic heterocycles. The second-order valence-corrected chi connectivity index (χ2v) is 3.13. The largest absolute Gasteiger partial charge is 0.341 e. The van der Waals surface area contributed by atoms with E-state index in [1.807, 2.05) is 11.8 Å². The molecule has 1 amide bonds. The van der Waals surface area contributed by atoms with E-state index in [4.69, 9.17) is 0 Å². The van der Waals surface area contributed by atoms with Crippen molar-refractivity contribution in [2.24, 2.45) is 0 Å². The van der Waals surface area contributed by atoms with E-state index >= 15 is 0 Å². The zero-order valence-corrected chi connectivity index (χ0v) is 7.21. The van der Waals surface area contributed by atoms with Crippen LogP contribution in [0.1, 0.15) is 20.3 Å². The summed E-state index contributed by atoms with van der Waals surface area (Å²) in [5, 5.41) is 3.32. The molecule has 1 aliphatic rings. The lowest BCUT2D eigenvalue weighted by Gasteiger charge is -2.21. The fourth-order valence-corrected chi connectivity index (χ4v) is 1.58. The molecule has 0 aliphatic carbocycles. The second kappa shape index (κ2) is 3.72. The average molecular weight is 156 g/mol. The Balaban J connectivity index is 2.40. The maximum absolute atomic E-state index is 10.5. The molecular formula is C8H16N2O. The van der Waals surface area contributed by atoms with Crippen LogP contribution in [0.5, 0.6) is 0 Å². The summed E-state index contributed by atoms with van der Waals surface area (Å²) >= 11 is 0. The minimum Gasteiger partial charge on any atom is -0.341 e.